The van der Waals surface area contributed by atoms with Crippen LogP contribution in [0.25, 0.3) is 0 Å². The zero-order chi connectivity index (χ0) is 17.5. The number of rotatable bonds is 7. The molecule has 2 atom stereocenters. The van der Waals surface area contributed by atoms with Gasteiger partial charge in [0.25, 0.3) is 0 Å². The summed E-state index contributed by atoms with van der Waals surface area (Å²) in [7, 11) is 0. The molecule has 0 aliphatic carbocycles. The van der Waals surface area contributed by atoms with Crippen LogP contribution in [0.5, 0.6) is 0 Å². The number of carbonyl (C=O) groups is 2. The Balaban J connectivity index is 1.61. The van der Waals surface area contributed by atoms with Crippen LogP contribution in [0.1, 0.15) is 30.0 Å². The van der Waals surface area contributed by atoms with Crippen LogP contribution in [0, 0.1) is 0 Å². The third-order valence-corrected chi connectivity index (χ3v) is 4.23. The van der Waals surface area contributed by atoms with E-state index in [0.717, 1.165) is 11.1 Å². The normalized spacial score (nSPS) is 17.8. The van der Waals surface area contributed by atoms with Gasteiger partial charge in [-0.25, -0.2) is 0 Å². The highest BCUT2D eigenvalue weighted by Crippen LogP contribution is 2.16. The van der Waals surface area contributed by atoms with Crippen LogP contribution >= 0.6 is 0 Å². The van der Waals surface area contributed by atoms with Gasteiger partial charge in [-0.15, -0.1) is 0 Å². The first-order valence-corrected chi connectivity index (χ1v) is 8.49. The van der Waals surface area contributed by atoms with Gasteiger partial charge < -0.3 is 15.4 Å². The average molecular weight is 338 g/mol. The van der Waals surface area contributed by atoms with Crippen molar-refractivity contribution in [1.82, 2.24) is 10.6 Å². The van der Waals surface area contributed by atoms with E-state index in [4.69, 9.17) is 4.74 Å². The summed E-state index contributed by atoms with van der Waals surface area (Å²) in [6.07, 6.45) is 0.940. The zero-order valence-corrected chi connectivity index (χ0v) is 14.0. The maximum absolute atomic E-state index is 12.4. The minimum atomic E-state index is -0.451. The molecule has 1 fully saturated rings. The van der Waals surface area contributed by atoms with Crippen molar-refractivity contribution in [2.75, 3.05) is 6.61 Å². The maximum atomic E-state index is 12.4. The first-order valence-electron chi connectivity index (χ1n) is 8.49. The fourth-order valence-electron chi connectivity index (χ4n) is 2.86. The number of nitrogens with one attached hydrogen (secondary N) is 2. The van der Waals surface area contributed by atoms with Crippen LogP contribution in [0.2, 0.25) is 0 Å². The highest BCUT2D eigenvalue weighted by Gasteiger charge is 2.28. The summed E-state index contributed by atoms with van der Waals surface area (Å²) in [5.74, 6) is -0.236. The number of hydrogen-bond donors (Lipinski definition) is 2. The fourth-order valence-corrected chi connectivity index (χ4v) is 2.86. The average Bonchev–Trinajstić information content (AvgIpc) is 3.09. The summed E-state index contributed by atoms with van der Waals surface area (Å²) in [5.41, 5.74) is 2.07. The Kier molecular flexibility index (Phi) is 5.80. The first-order chi connectivity index (χ1) is 12.2. The molecule has 0 aromatic heterocycles. The van der Waals surface area contributed by atoms with Crippen molar-refractivity contribution in [3.8, 4) is 0 Å². The number of benzene rings is 2. The van der Waals surface area contributed by atoms with Gasteiger partial charge in [-0.2, -0.15) is 0 Å². The molecule has 1 aliphatic heterocycles. The van der Waals surface area contributed by atoms with Crippen LogP contribution in [-0.2, 0) is 20.9 Å². The number of amides is 2. The molecule has 2 aromatic carbocycles. The summed E-state index contributed by atoms with van der Waals surface area (Å²) >= 11 is 0. The van der Waals surface area contributed by atoms with Crippen molar-refractivity contribution >= 4 is 11.8 Å². The molecule has 0 radical (unpaired) electrons. The molecule has 5 nitrogen and oxygen atoms in total. The SMILES string of the molecule is O=C1CC[C@H](C(=O)N[C@@H](COCc2ccccc2)c2ccccc2)N1. The van der Waals surface area contributed by atoms with Gasteiger partial charge in [-0.3, -0.25) is 9.59 Å². The smallest absolute Gasteiger partial charge is 0.243 e. The largest absolute Gasteiger partial charge is 0.374 e. The Morgan fingerprint density at radius 2 is 1.80 bits per heavy atom. The summed E-state index contributed by atoms with van der Waals surface area (Å²) < 4.78 is 5.82. The molecule has 0 saturated carbocycles. The second-order valence-electron chi connectivity index (χ2n) is 6.13. The van der Waals surface area contributed by atoms with E-state index < -0.39 is 6.04 Å². The van der Waals surface area contributed by atoms with Crippen molar-refractivity contribution in [1.29, 1.82) is 0 Å². The second kappa shape index (κ2) is 8.44. The molecule has 0 unspecified atom stereocenters. The first kappa shape index (κ1) is 17.2. The minimum absolute atomic E-state index is 0.0725. The second-order valence-corrected chi connectivity index (χ2v) is 6.13. The predicted molar refractivity (Wildman–Crippen MR) is 94.6 cm³/mol. The van der Waals surface area contributed by atoms with E-state index in [2.05, 4.69) is 10.6 Å². The molecule has 1 aliphatic rings. The third-order valence-electron chi connectivity index (χ3n) is 4.23. The van der Waals surface area contributed by atoms with Crippen molar-refractivity contribution in [3.05, 3.63) is 71.8 Å². The highest BCUT2D eigenvalue weighted by molar-refractivity contribution is 5.90. The molecule has 5 heteroatoms. The molecule has 2 N–H and O–H groups in total. The van der Waals surface area contributed by atoms with E-state index in [1.165, 1.54) is 0 Å². The van der Waals surface area contributed by atoms with Gasteiger partial charge in [-0.1, -0.05) is 60.7 Å². The Labute approximate surface area is 147 Å². The lowest BCUT2D eigenvalue weighted by Gasteiger charge is -2.21. The van der Waals surface area contributed by atoms with E-state index in [0.29, 0.717) is 26.1 Å². The number of hydrogen-bond acceptors (Lipinski definition) is 3. The Morgan fingerprint density at radius 3 is 2.44 bits per heavy atom. The van der Waals surface area contributed by atoms with E-state index in [-0.39, 0.29) is 17.9 Å². The number of ether oxygens (including phenoxy) is 1. The zero-order valence-electron chi connectivity index (χ0n) is 14.0. The quantitative estimate of drug-likeness (QED) is 0.814. The molecule has 2 amide bonds. The van der Waals surface area contributed by atoms with Crippen molar-refractivity contribution in [3.63, 3.8) is 0 Å². The molecule has 1 saturated heterocycles. The van der Waals surface area contributed by atoms with Crippen LogP contribution in [0.4, 0.5) is 0 Å². The standard InChI is InChI=1S/C20H22N2O3/c23-19-12-11-17(21-19)20(24)22-18(16-9-5-2-6-10-16)14-25-13-15-7-3-1-4-8-15/h1-10,17-18H,11-14H2,(H,21,23)(H,22,24)/t17-,18+/m1/s1. The van der Waals surface area contributed by atoms with Gasteiger partial charge in [0.2, 0.25) is 11.8 Å². The van der Waals surface area contributed by atoms with Crippen molar-refractivity contribution in [2.24, 2.45) is 0 Å². The molecule has 25 heavy (non-hydrogen) atoms. The summed E-state index contributed by atoms with van der Waals surface area (Å²) in [6.45, 7) is 0.853. The Hall–Kier alpha value is -2.66. The van der Waals surface area contributed by atoms with E-state index in [9.17, 15) is 9.59 Å². The fraction of sp³-hybridized carbons (Fsp3) is 0.300. The Bertz CT molecular complexity index is 703. The van der Waals surface area contributed by atoms with Crippen LogP contribution in [0.15, 0.2) is 60.7 Å². The molecule has 2 aromatic rings. The third kappa shape index (κ3) is 4.90. The molecule has 3 rings (SSSR count). The van der Waals surface area contributed by atoms with E-state index in [1.54, 1.807) is 0 Å². The highest BCUT2D eigenvalue weighted by atomic mass is 16.5. The summed E-state index contributed by atoms with van der Waals surface area (Å²) in [6, 6.07) is 18.9. The van der Waals surface area contributed by atoms with Gasteiger partial charge in [0.1, 0.15) is 6.04 Å². The molecular weight excluding hydrogens is 316 g/mol. The Morgan fingerprint density at radius 1 is 1.12 bits per heavy atom. The molecule has 130 valence electrons. The topological polar surface area (TPSA) is 67.4 Å². The van der Waals surface area contributed by atoms with Crippen molar-refractivity contribution < 1.29 is 14.3 Å². The monoisotopic (exact) mass is 338 g/mol. The van der Waals surface area contributed by atoms with Crippen LogP contribution < -0.4 is 10.6 Å². The summed E-state index contributed by atoms with van der Waals surface area (Å²) in [5, 5.41) is 5.70. The van der Waals surface area contributed by atoms with E-state index in [1.807, 2.05) is 60.7 Å². The molecular formula is C20H22N2O3. The van der Waals surface area contributed by atoms with Gasteiger partial charge >= 0.3 is 0 Å². The predicted octanol–water partition coefficient (Wildman–Crippen LogP) is 2.34. The van der Waals surface area contributed by atoms with E-state index >= 15 is 0 Å². The van der Waals surface area contributed by atoms with Crippen LogP contribution in [0.3, 0.4) is 0 Å². The van der Waals surface area contributed by atoms with Gasteiger partial charge in [0, 0.05) is 6.42 Å². The number of carbonyl (C=O) groups excluding carboxylic acids is 2. The summed E-state index contributed by atoms with van der Waals surface area (Å²) in [4.78, 5) is 23.8. The van der Waals surface area contributed by atoms with Crippen LogP contribution in [-0.4, -0.2) is 24.5 Å². The molecule has 1 heterocycles. The maximum Gasteiger partial charge on any atom is 0.243 e. The van der Waals surface area contributed by atoms with Crippen molar-refractivity contribution in [2.45, 2.75) is 31.5 Å². The van der Waals surface area contributed by atoms with Gasteiger partial charge in [-0.05, 0) is 17.5 Å². The van der Waals surface area contributed by atoms with Gasteiger partial charge in [0.05, 0.1) is 19.3 Å². The molecule has 0 bridgehead atoms. The lowest BCUT2D eigenvalue weighted by molar-refractivity contribution is -0.126. The molecule has 0 spiro atoms. The van der Waals surface area contributed by atoms with Gasteiger partial charge in [0.15, 0.2) is 0 Å². The lowest BCUT2D eigenvalue weighted by atomic mass is 10.1. The minimum Gasteiger partial charge on any atom is -0.374 e. The lowest BCUT2D eigenvalue weighted by Crippen LogP contribution is -2.44.